The fraction of sp³-hybridized carbons (Fsp3) is 0.0909. The minimum Gasteiger partial charge on any atom is -0.318 e. The number of hydrogen-bond acceptors (Lipinski definition) is 2. The number of rotatable bonds is 2. The number of nitriles is 1. The van der Waals surface area contributed by atoms with E-state index in [0.717, 1.165) is 0 Å². The lowest BCUT2D eigenvalue weighted by Crippen LogP contribution is -2.02. The maximum atomic E-state index is 13.0. The van der Waals surface area contributed by atoms with Gasteiger partial charge in [0.1, 0.15) is 11.9 Å². The van der Waals surface area contributed by atoms with E-state index >= 15 is 0 Å². The molecular formula is C11H7ClFN3. The van der Waals surface area contributed by atoms with Crippen LogP contribution in [0.4, 0.5) is 4.39 Å². The number of halogens is 2. The van der Waals surface area contributed by atoms with Crippen LogP contribution in [0.2, 0.25) is 5.02 Å². The third kappa shape index (κ3) is 2.05. The molecule has 1 heterocycles. The number of nitrogens with zero attached hydrogens (tertiary/aromatic N) is 3. The van der Waals surface area contributed by atoms with Crippen molar-refractivity contribution in [2.45, 2.75) is 6.54 Å². The second kappa shape index (κ2) is 4.33. The first-order valence-electron chi connectivity index (χ1n) is 4.56. The molecule has 0 amide bonds. The van der Waals surface area contributed by atoms with Crippen LogP contribution >= 0.6 is 11.6 Å². The topological polar surface area (TPSA) is 41.6 Å². The molecule has 0 fully saturated rings. The van der Waals surface area contributed by atoms with Crippen LogP contribution in [-0.2, 0) is 6.54 Å². The van der Waals surface area contributed by atoms with Crippen molar-refractivity contribution in [2.24, 2.45) is 0 Å². The molecule has 0 bridgehead atoms. The summed E-state index contributed by atoms with van der Waals surface area (Å²) in [6, 6.07) is 6.09. The van der Waals surface area contributed by atoms with Gasteiger partial charge in [-0.3, -0.25) is 0 Å². The molecule has 0 saturated heterocycles. The lowest BCUT2D eigenvalue weighted by molar-refractivity contribution is 0.623. The Hall–Kier alpha value is -1.86. The average Bonchev–Trinajstić information content (AvgIpc) is 2.71. The molecule has 16 heavy (non-hydrogen) atoms. The van der Waals surface area contributed by atoms with Gasteiger partial charge in [-0.2, -0.15) is 5.26 Å². The highest BCUT2D eigenvalue weighted by Crippen LogP contribution is 2.18. The Morgan fingerprint density at radius 1 is 1.50 bits per heavy atom. The fourth-order valence-corrected chi connectivity index (χ4v) is 1.58. The van der Waals surface area contributed by atoms with Gasteiger partial charge in [-0.05, 0) is 23.8 Å². The Morgan fingerprint density at radius 3 is 3.06 bits per heavy atom. The molecule has 0 spiro atoms. The van der Waals surface area contributed by atoms with Crippen molar-refractivity contribution in [3.63, 3.8) is 0 Å². The normalized spacial score (nSPS) is 10.1. The summed E-state index contributed by atoms with van der Waals surface area (Å²) in [5, 5.41) is 9.24. The van der Waals surface area contributed by atoms with Gasteiger partial charge in [0.25, 0.3) is 0 Å². The van der Waals surface area contributed by atoms with Gasteiger partial charge in [-0.15, -0.1) is 0 Å². The standard InChI is InChI=1S/C11H7ClFN3/c12-10-2-1-9(13)5-8(10)7-16-4-3-15-11(16)6-14/h1-5H,7H2. The summed E-state index contributed by atoms with van der Waals surface area (Å²) in [6.45, 7) is 0.333. The fourth-order valence-electron chi connectivity index (χ4n) is 1.40. The Balaban J connectivity index is 2.34. The molecule has 0 N–H and O–H groups in total. The van der Waals surface area contributed by atoms with E-state index in [-0.39, 0.29) is 11.6 Å². The van der Waals surface area contributed by atoms with Crippen LogP contribution < -0.4 is 0 Å². The maximum absolute atomic E-state index is 13.0. The van der Waals surface area contributed by atoms with Gasteiger partial charge < -0.3 is 4.57 Å². The van der Waals surface area contributed by atoms with Crippen molar-refractivity contribution in [3.8, 4) is 6.07 Å². The van der Waals surface area contributed by atoms with Crippen LogP contribution in [-0.4, -0.2) is 9.55 Å². The van der Waals surface area contributed by atoms with Gasteiger partial charge in [0.2, 0.25) is 5.82 Å². The second-order valence-corrected chi connectivity index (χ2v) is 3.63. The van der Waals surface area contributed by atoms with E-state index in [4.69, 9.17) is 16.9 Å². The molecule has 0 atom stereocenters. The van der Waals surface area contributed by atoms with Crippen LogP contribution in [0.3, 0.4) is 0 Å². The highest BCUT2D eigenvalue weighted by Gasteiger charge is 2.06. The summed E-state index contributed by atoms with van der Waals surface area (Å²) < 4.78 is 14.6. The van der Waals surface area contributed by atoms with Crippen LogP contribution in [0.1, 0.15) is 11.4 Å². The highest BCUT2D eigenvalue weighted by molar-refractivity contribution is 6.31. The van der Waals surface area contributed by atoms with Crippen LogP contribution in [0, 0.1) is 17.1 Å². The SMILES string of the molecule is N#Cc1nccn1Cc1cc(F)ccc1Cl. The summed E-state index contributed by atoms with van der Waals surface area (Å²) in [7, 11) is 0. The number of aromatic nitrogens is 2. The van der Waals surface area contributed by atoms with Crippen molar-refractivity contribution in [1.29, 1.82) is 5.26 Å². The van der Waals surface area contributed by atoms with E-state index in [1.807, 2.05) is 6.07 Å². The van der Waals surface area contributed by atoms with E-state index in [9.17, 15) is 4.39 Å². The monoisotopic (exact) mass is 235 g/mol. The molecule has 1 aromatic carbocycles. The van der Waals surface area contributed by atoms with E-state index in [1.165, 1.54) is 24.4 Å². The summed E-state index contributed by atoms with van der Waals surface area (Å²) in [5.74, 6) is -0.0710. The lowest BCUT2D eigenvalue weighted by atomic mass is 10.2. The average molecular weight is 236 g/mol. The van der Waals surface area contributed by atoms with Crippen LogP contribution in [0.25, 0.3) is 0 Å². The van der Waals surface area contributed by atoms with E-state index in [0.29, 0.717) is 17.1 Å². The Morgan fingerprint density at radius 2 is 2.31 bits per heavy atom. The molecule has 0 radical (unpaired) electrons. The second-order valence-electron chi connectivity index (χ2n) is 3.23. The Labute approximate surface area is 96.7 Å². The van der Waals surface area contributed by atoms with Gasteiger partial charge >= 0.3 is 0 Å². The molecule has 3 nitrogen and oxygen atoms in total. The molecule has 80 valence electrons. The third-order valence-electron chi connectivity index (χ3n) is 2.16. The first kappa shape index (κ1) is 10.7. The van der Waals surface area contributed by atoms with Crippen molar-refractivity contribution in [2.75, 3.05) is 0 Å². The number of hydrogen-bond donors (Lipinski definition) is 0. The maximum Gasteiger partial charge on any atom is 0.213 e. The smallest absolute Gasteiger partial charge is 0.213 e. The van der Waals surface area contributed by atoms with Crippen LogP contribution in [0.5, 0.6) is 0 Å². The first-order chi connectivity index (χ1) is 7.70. The minimum atomic E-state index is -0.349. The first-order valence-corrected chi connectivity index (χ1v) is 4.93. The highest BCUT2D eigenvalue weighted by atomic mass is 35.5. The molecule has 0 aliphatic carbocycles. The predicted molar refractivity (Wildman–Crippen MR) is 57.5 cm³/mol. The van der Waals surface area contributed by atoms with Crippen LogP contribution in [0.15, 0.2) is 30.6 Å². The molecule has 1 aromatic heterocycles. The van der Waals surface area contributed by atoms with Gasteiger partial charge in [0, 0.05) is 17.4 Å². The molecule has 0 aliphatic rings. The van der Waals surface area contributed by atoms with Gasteiger partial charge in [-0.25, -0.2) is 9.37 Å². The summed E-state index contributed by atoms with van der Waals surface area (Å²) in [6.07, 6.45) is 3.17. The minimum absolute atomic E-state index is 0.278. The zero-order valence-electron chi connectivity index (χ0n) is 8.19. The quantitative estimate of drug-likeness (QED) is 0.803. The lowest BCUT2D eigenvalue weighted by Gasteiger charge is -2.06. The van der Waals surface area contributed by atoms with Gasteiger partial charge in [0.15, 0.2) is 0 Å². The number of benzene rings is 1. The van der Waals surface area contributed by atoms with Gasteiger partial charge in [0.05, 0.1) is 6.54 Å². The third-order valence-corrected chi connectivity index (χ3v) is 2.53. The molecular weight excluding hydrogens is 229 g/mol. The molecule has 0 unspecified atom stereocenters. The molecule has 2 aromatic rings. The molecule has 5 heteroatoms. The van der Waals surface area contributed by atoms with E-state index in [2.05, 4.69) is 4.98 Å². The summed E-state index contributed by atoms with van der Waals surface area (Å²) in [5.41, 5.74) is 0.621. The molecule has 0 saturated carbocycles. The summed E-state index contributed by atoms with van der Waals surface area (Å²) in [4.78, 5) is 3.85. The van der Waals surface area contributed by atoms with E-state index < -0.39 is 0 Å². The summed E-state index contributed by atoms with van der Waals surface area (Å²) >= 11 is 5.93. The van der Waals surface area contributed by atoms with Crippen molar-refractivity contribution in [3.05, 3.63) is 52.8 Å². The van der Waals surface area contributed by atoms with Gasteiger partial charge in [-0.1, -0.05) is 11.6 Å². The largest absolute Gasteiger partial charge is 0.318 e. The number of imidazole rings is 1. The Bertz CT molecular complexity index is 557. The molecule has 0 aliphatic heterocycles. The Kier molecular flexibility index (Phi) is 2.88. The van der Waals surface area contributed by atoms with Crippen molar-refractivity contribution in [1.82, 2.24) is 9.55 Å². The molecule has 2 rings (SSSR count). The van der Waals surface area contributed by atoms with Crippen molar-refractivity contribution < 1.29 is 4.39 Å². The van der Waals surface area contributed by atoms with E-state index in [1.54, 1.807) is 10.8 Å². The predicted octanol–water partition coefficient (Wildman–Crippen LogP) is 2.60. The van der Waals surface area contributed by atoms with Crippen molar-refractivity contribution >= 4 is 11.6 Å². The zero-order valence-corrected chi connectivity index (χ0v) is 8.95. The zero-order chi connectivity index (χ0) is 11.5.